The van der Waals surface area contributed by atoms with Gasteiger partial charge in [0, 0.05) is 42.3 Å². The highest BCUT2D eigenvalue weighted by atomic mass is 16.5. The highest BCUT2D eigenvalue weighted by Crippen LogP contribution is 2.37. The Balaban J connectivity index is 1.65. The fraction of sp³-hybridized carbons (Fsp3) is 0.318. The van der Waals surface area contributed by atoms with E-state index in [-0.39, 0.29) is 12.1 Å². The lowest BCUT2D eigenvalue weighted by molar-refractivity contribution is 0.0232. The van der Waals surface area contributed by atoms with Crippen LogP contribution in [0.4, 0.5) is 5.69 Å². The Morgan fingerprint density at radius 3 is 2.97 bits per heavy atom. The van der Waals surface area contributed by atoms with Crippen LogP contribution in [0, 0.1) is 11.3 Å². The second-order valence-corrected chi connectivity index (χ2v) is 7.75. The Hall–Kier alpha value is -3.41. The van der Waals surface area contributed by atoms with E-state index >= 15 is 0 Å². The van der Waals surface area contributed by atoms with Crippen molar-refractivity contribution in [1.82, 2.24) is 20.4 Å². The molecule has 4 aromatic rings. The van der Waals surface area contributed by atoms with Gasteiger partial charge in [-0.25, -0.2) is 0 Å². The first-order valence-electron chi connectivity index (χ1n) is 10.0. The van der Waals surface area contributed by atoms with E-state index in [2.05, 4.69) is 40.7 Å². The molecule has 1 aliphatic heterocycles. The topological polar surface area (TPSA) is 112 Å². The number of nitrogens with one attached hydrogen (secondary N) is 3. The van der Waals surface area contributed by atoms with Gasteiger partial charge >= 0.3 is 0 Å². The largest absolute Gasteiger partial charge is 0.380 e. The van der Waals surface area contributed by atoms with Gasteiger partial charge < -0.3 is 24.9 Å². The highest BCUT2D eigenvalue weighted by Gasteiger charge is 2.23. The van der Waals surface area contributed by atoms with Gasteiger partial charge in [-0.2, -0.15) is 5.26 Å². The Labute approximate surface area is 173 Å². The lowest BCUT2D eigenvalue weighted by Gasteiger charge is -2.21. The zero-order valence-corrected chi connectivity index (χ0v) is 16.8. The second kappa shape index (κ2) is 7.44. The van der Waals surface area contributed by atoms with E-state index in [0.717, 1.165) is 45.4 Å². The number of pyridine rings is 1. The number of H-pyrrole nitrogens is 1. The Morgan fingerprint density at radius 1 is 1.30 bits per heavy atom. The molecule has 5 rings (SSSR count). The number of benzene rings is 1. The molecule has 152 valence electrons. The van der Waals surface area contributed by atoms with Gasteiger partial charge in [-0.1, -0.05) is 5.16 Å². The lowest BCUT2D eigenvalue weighted by atomic mass is 10.1. The molecule has 1 aliphatic rings. The molecule has 1 saturated heterocycles. The number of anilines is 1. The predicted octanol–water partition coefficient (Wildman–Crippen LogP) is 3.72. The van der Waals surface area contributed by atoms with Crippen molar-refractivity contribution < 1.29 is 9.26 Å². The number of morpholine rings is 1. The van der Waals surface area contributed by atoms with Crippen molar-refractivity contribution in [3.05, 3.63) is 41.7 Å². The minimum absolute atomic E-state index is 0.119. The van der Waals surface area contributed by atoms with E-state index in [0.29, 0.717) is 24.5 Å². The van der Waals surface area contributed by atoms with Crippen LogP contribution in [0.5, 0.6) is 0 Å². The molecule has 8 nitrogen and oxygen atoms in total. The van der Waals surface area contributed by atoms with Crippen molar-refractivity contribution in [2.45, 2.75) is 26.0 Å². The molecule has 8 heteroatoms. The quantitative estimate of drug-likeness (QED) is 0.477. The maximum Gasteiger partial charge on any atom is 0.170 e. The van der Waals surface area contributed by atoms with Crippen LogP contribution in [-0.4, -0.2) is 40.9 Å². The van der Waals surface area contributed by atoms with E-state index in [1.807, 2.05) is 30.5 Å². The molecule has 0 aliphatic carbocycles. The minimum atomic E-state index is -0.119. The number of aromatic amines is 1. The van der Waals surface area contributed by atoms with E-state index in [4.69, 9.17) is 14.2 Å². The van der Waals surface area contributed by atoms with Crippen molar-refractivity contribution in [1.29, 1.82) is 5.26 Å². The Morgan fingerprint density at radius 2 is 2.20 bits per heavy atom. The Bertz CT molecular complexity index is 1260. The van der Waals surface area contributed by atoms with Gasteiger partial charge in [0.1, 0.15) is 11.8 Å². The normalized spacial score (nSPS) is 16.9. The molecular weight excluding hydrogens is 380 g/mol. The van der Waals surface area contributed by atoms with Crippen molar-refractivity contribution in [2.75, 3.05) is 25.0 Å². The van der Waals surface area contributed by atoms with Crippen LogP contribution in [0.2, 0.25) is 0 Å². The summed E-state index contributed by atoms with van der Waals surface area (Å²) < 4.78 is 11.5. The van der Waals surface area contributed by atoms with Crippen LogP contribution in [0.25, 0.3) is 33.3 Å². The molecular formula is C22H22N6O2. The second-order valence-electron chi connectivity index (χ2n) is 7.75. The number of rotatable bonds is 4. The number of hydrogen-bond acceptors (Lipinski definition) is 7. The molecule has 3 N–H and O–H groups in total. The van der Waals surface area contributed by atoms with Crippen molar-refractivity contribution in [2.24, 2.45) is 0 Å². The number of aromatic nitrogens is 3. The van der Waals surface area contributed by atoms with Gasteiger partial charge in [-0.3, -0.25) is 4.98 Å². The number of ether oxygens (including phenoxy) is 1. The maximum absolute atomic E-state index is 9.22. The van der Waals surface area contributed by atoms with Crippen LogP contribution < -0.4 is 10.6 Å². The van der Waals surface area contributed by atoms with Gasteiger partial charge in [0.2, 0.25) is 0 Å². The summed E-state index contributed by atoms with van der Waals surface area (Å²) in [6.45, 7) is 6.38. The van der Waals surface area contributed by atoms with E-state index in [9.17, 15) is 5.26 Å². The molecule has 1 atom stereocenters. The number of hydrogen-bond donors (Lipinski definition) is 3. The SMILES string of the molecule is CC(C)Nc1c(-c2cc(C3CNCCO3)no2)cnc2c1[nH]c1cc(C#N)ccc12. The van der Waals surface area contributed by atoms with Crippen molar-refractivity contribution in [3.8, 4) is 17.4 Å². The predicted molar refractivity (Wildman–Crippen MR) is 114 cm³/mol. The van der Waals surface area contributed by atoms with Gasteiger partial charge in [0.25, 0.3) is 0 Å². The molecule has 0 spiro atoms. The van der Waals surface area contributed by atoms with Gasteiger partial charge in [0.05, 0.1) is 40.5 Å². The zero-order valence-electron chi connectivity index (χ0n) is 16.8. The average molecular weight is 402 g/mol. The summed E-state index contributed by atoms with van der Waals surface area (Å²) >= 11 is 0. The Kier molecular flexibility index (Phi) is 4.62. The highest BCUT2D eigenvalue weighted by molar-refractivity contribution is 6.11. The van der Waals surface area contributed by atoms with Gasteiger partial charge in [0.15, 0.2) is 5.76 Å². The van der Waals surface area contributed by atoms with Gasteiger partial charge in [-0.05, 0) is 32.0 Å². The number of nitriles is 1. The maximum atomic E-state index is 9.22. The summed E-state index contributed by atoms with van der Waals surface area (Å²) in [4.78, 5) is 8.14. The molecule has 1 aromatic carbocycles. The number of nitrogens with zero attached hydrogens (tertiary/aromatic N) is 3. The summed E-state index contributed by atoms with van der Waals surface area (Å²) in [6, 6.07) is 9.88. The van der Waals surface area contributed by atoms with Crippen molar-refractivity contribution >= 4 is 27.6 Å². The van der Waals surface area contributed by atoms with E-state index in [1.165, 1.54) is 0 Å². The van der Waals surface area contributed by atoms with Gasteiger partial charge in [-0.15, -0.1) is 0 Å². The number of fused-ring (bicyclic) bond motifs is 3. The molecule has 1 fully saturated rings. The first-order valence-corrected chi connectivity index (χ1v) is 10.0. The lowest BCUT2D eigenvalue weighted by Crippen LogP contribution is -2.33. The third kappa shape index (κ3) is 3.18. The summed E-state index contributed by atoms with van der Waals surface area (Å²) in [5, 5.41) is 21.3. The minimum Gasteiger partial charge on any atom is -0.380 e. The van der Waals surface area contributed by atoms with Crippen LogP contribution >= 0.6 is 0 Å². The first-order chi connectivity index (χ1) is 14.6. The zero-order chi connectivity index (χ0) is 20.7. The third-order valence-corrected chi connectivity index (χ3v) is 5.23. The first kappa shape index (κ1) is 18.6. The molecule has 0 saturated carbocycles. The van der Waals surface area contributed by atoms with E-state index < -0.39 is 0 Å². The van der Waals surface area contributed by atoms with Crippen LogP contribution in [0.15, 0.2) is 35.0 Å². The van der Waals surface area contributed by atoms with Crippen molar-refractivity contribution in [3.63, 3.8) is 0 Å². The average Bonchev–Trinajstić information content (AvgIpc) is 3.39. The van der Waals surface area contributed by atoms with Crippen LogP contribution in [0.3, 0.4) is 0 Å². The monoisotopic (exact) mass is 402 g/mol. The molecule has 3 aromatic heterocycles. The molecule has 0 bridgehead atoms. The van der Waals surface area contributed by atoms with Crippen LogP contribution in [-0.2, 0) is 4.74 Å². The summed E-state index contributed by atoms with van der Waals surface area (Å²) in [6.07, 6.45) is 1.69. The van der Waals surface area contributed by atoms with E-state index in [1.54, 1.807) is 0 Å². The molecule has 4 heterocycles. The molecule has 30 heavy (non-hydrogen) atoms. The summed E-state index contributed by atoms with van der Waals surface area (Å²) in [5.41, 5.74) is 5.69. The third-order valence-electron chi connectivity index (χ3n) is 5.23. The smallest absolute Gasteiger partial charge is 0.170 e. The molecule has 0 radical (unpaired) electrons. The summed E-state index contributed by atoms with van der Waals surface area (Å²) in [5.74, 6) is 0.632. The standard InChI is InChI=1S/C22H22N6O2/c1-12(2)26-21-15(18-8-17(28-30-18)19-11-24-5-6-29-19)10-25-20-14-4-3-13(9-23)7-16(14)27-22(20)21/h3-4,7-8,10,12,19,24,27H,5-6,11H2,1-2H3,(H,25,26). The molecule has 0 amide bonds. The molecule has 1 unspecified atom stereocenters. The fourth-order valence-corrected chi connectivity index (χ4v) is 3.84. The summed E-state index contributed by atoms with van der Waals surface area (Å²) in [7, 11) is 0. The fourth-order valence-electron chi connectivity index (χ4n) is 3.84. The van der Waals surface area contributed by atoms with Crippen LogP contribution in [0.1, 0.15) is 31.2 Å².